The van der Waals surface area contributed by atoms with Gasteiger partial charge in [-0.3, -0.25) is 4.57 Å². The largest absolute Gasteiger partial charge is 0.260 e. The first kappa shape index (κ1) is 19.5. The van der Waals surface area contributed by atoms with Crippen LogP contribution in [0.4, 0.5) is 0 Å². The van der Waals surface area contributed by atoms with Gasteiger partial charge in [0, 0.05) is 16.5 Å². The molecule has 7 aromatic rings. The zero-order valence-corrected chi connectivity index (χ0v) is 18.6. The minimum atomic E-state index is 0.508. The summed E-state index contributed by atoms with van der Waals surface area (Å²) in [5.74, 6) is 1.72. The van der Waals surface area contributed by atoms with Crippen molar-refractivity contribution in [2.45, 2.75) is 0 Å². The normalized spacial score (nSPS) is 11.4. The average molecular weight is 451 g/mol. The zero-order valence-electron chi connectivity index (χ0n) is 18.6. The van der Waals surface area contributed by atoms with E-state index in [4.69, 9.17) is 24.9 Å². The Hall–Kier alpha value is -4.97. The summed E-state index contributed by atoms with van der Waals surface area (Å²) in [6.07, 6.45) is 0. The molecule has 0 spiro atoms. The van der Waals surface area contributed by atoms with Crippen LogP contribution < -0.4 is 0 Å². The first-order valence-electron chi connectivity index (χ1n) is 11.4. The molecule has 6 heteroatoms. The van der Waals surface area contributed by atoms with E-state index < -0.39 is 0 Å². The number of para-hydroxylation sites is 3. The molecule has 0 aliphatic carbocycles. The van der Waals surface area contributed by atoms with Crippen LogP contribution >= 0.6 is 0 Å². The van der Waals surface area contributed by atoms with E-state index in [0.717, 1.165) is 38.6 Å². The lowest BCUT2D eigenvalue weighted by Gasteiger charge is -2.10. The Morgan fingerprint density at radius 2 is 1.00 bits per heavy atom. The molecule has 7 rings (SSSR count). The Balaban J connectivity index is 1.59. The highest BCUT2D eigenvalue weighted by Crippen LogP contribution is 2.31. The fourth-order valence-corrected chi connectivity index (χ4v) is 4.41. The first-order chi connectivity index (χ1) is 17.3. The second kappa shape index (κ2) is 7.81. The third-order valence-electron chi connectivity index (χ3n) is 6.05. The van der Waals surface area contributed by atoms with Gasteiger partial charge in [0.1, 0.15) is 5.52 Å². The van der Waals surface area contributed by atoms with Crippen LogP contribution in [0.3, 0.4) is 0 Å². The second-order valence-electron chi connectivity index (χ2n) is 8.25. The molecule has 0 saturated heterocycles. The van der Waals surface area contributed by atoms with Gasteiger partial charge in [0.05, 0.1) is 16.6 Å². The van der Waals surface area contributed by atoms with Gasteiger partial charge in [-0.15, -0.1) is 0 Å². The number of fused-ring (bicyclic) bond motifs is 4. The molecule has 0 N–H and O–H groups in total. The number of aromatic nitrogens is 6. The SMILES string of the molecule is c1ccc(-c2nc(-c3ccccc3)nc(-n3c4ccccc4c4nc5ccccc5nc43)n2)cc1. The summed E-state index contributed by atoms with van der Waals surface area (Å²) >= 11 is 0. The van der Waals surface area contributed by atoms with Crippen molar-refractivity contribution < 1.29 is 0 Å². The van der Waals surface area contributed by atoms with E-state index in [-0.39, 0.29) is 0 Å². The van der Waals surface area contributed by atoms with E-state index >= 15 is 0 Å². The molecule has 164 valence electrons. The van der Waals surface area contributed by atoms with Crippen LogP contribution in [0, 0.1) is 0 Å². The summed E-state index contributed by atoms with van der Waals surface area (Å²) in [5.41, 5.74) is 6.01. The lowest BCUT2D eigenvalue weighted by atomic mass is 10.2. The van der Waals surface area contributed by atoms with Crippen LogP contribution in [0.25, 0.3) is 61.8 Å². The third kappa shape index (κ3) is 3.23. The Morgan fingerprint density at radius 1 is 0.457 bits per heavy atom. The highest BCUT2D eigenvalue weighted by molar-refractivity contribution is 6.07. The molecule has 0 unspecified atom stereocenters. The van der Waals surface area contributed by atoms with E-state index in [0.29, 0.717) is 23.2 Å². The predicted molar refractivity (Wildman–Crippen MR) is 138 cm³/mol. The fourth-order valence-electron chi connectivity index (χ4n) is 4.41. The van der Waals surface area contributed by atoms with Gasteiger partial charge < -0.3 is 0 Å². The summed E-state index contributed by atoms with van der Waals surface area (Å²) in [6, 6.07) is 36.0. The van der Waals surface area contributed by atoms with Crippen LogP contribution in [0.15, 0.2) is 109 Å². The highest BCUT2D eigenvalue weighted by Gasteiger charge is 2.19. The van der Waals surface area contributed by atoms with Crippen molar-refractivity contribution >= 4 is 33.1 Å². The van der Waals surface area contributed by atoms with E-state index in [1.54, 1.807) is 0 Å². The molecular formula is C29H18N6. The van der Waals surface area contributed by atoms with Crippen LogP contribution in [-0.2, 0) is 0 Å². The molecule has 35 heavy (non-hydrogen) atoms. The highest BCUT2D eigenvalue weighted by atomic mass is 15.2. The number of hydrogen-bond donors (Lipinski definition) is 0. The molecule has 0 aliphatic heterocycles. The summed E-state index contributed by atoms with van der Waals surface area (Å²) < 4.78 is 1.99. The van der Waals surface area contributed by atoms with Gasteiger partial charge in [0.2, 0.25) is 5.95 Å². The molecule has 4 aromatic carbocycles. The van der Waals surface area contributed by atoms with Crippen molar-refractivity contribution in [1.29, 1.82) is 0 Å². The third-order valence-corrected chi connectivity index (χ3v) is 6.05. The molecule has 6 nitrogen and oxygen atoms in total. The predicted octanol–water partition coefficient (Wildman–Crippen LogP) is 6.25. The molecule has 3 aromatic heterocycles. The molecule has 0 atom stereocenters. The van der Waals surface area contributed by atoms with Crippen molar-refractivity contribution in [3.63, 3.8) is 0 Å². The lowest BCUT2D eigenvalue weighted by molar-refractivity contribution is 0.945. The first-order valence-corrected chi connectivity index (χ1v) is 11.4. The monoisotopic (exact) mass is 450 g/mol. The van der Waals surface area contributed by atoms with Crippen LogP contribution in [0.5, 0.6) is 0 Å². The second-order valence-corrected chi connectivity index (χ2v) is 8.25. The van der Waals surface area contributed by atoms with Crippen molar-refractivity contribution in [3.8, 4) is 28.7 Å². The Kier molecular flexibility index (Phi) is 4.35. The molecule has 0 bridgehead atoms. The van der Waals surface area contributed by atoms with Crippen molar-refractivity contribution in [2.24, 2.45) is 0 Å². The average Bonchev–Trinajstić information content (AvgIpc) is 3.26. The minimum absolute atomic E-state index is 0.508. The van der Waals surface area contributed by atoms with Crippen LogP contribution in [-0.4, -0.2) is 29.5 Å². The van der Waals surface area contributed by atoms with Gasteiger partial charge in [-0.05, 0) is 18.2 Å². The quantitative estimate of drug-likeness (QED) is 0.318. The van der Waals surface area contributed by atoms with E-state index in [9.17, 15) is 0 Å². The number of nitrogens with zero attached hydrogens (tertiary/aromatic N) is 6. The van der Waals surface area contributed by atoms with Gasteiger partial charge in [-0.2, -0.15) is 9.97 Å². The molecule has 0 aliphatic rings. The van der Waals surface area contributed by atoms with E-state index in [1.807, 2.05) is 102 Å². The van der Waals surface area contributed by atoms with Crippen LogP contribution in [0.1, 0.15) is 0 Å². The number of benzene rings is 4. The number of hydrogen-bond acceptors (Lipinski definition) is 5. The maximum Gasteiger partial charge on any atom is 0.240 e. The summed E-state index contributed by atoms with van der Waals surface area (Å²) in [5, 5.41) is 1.00. The Bertz CT molecular complexity index is 1780. The number of rotatable bonds is 3. The van der Waals surface area contributed by atoms with Crippen LogP contribution in [0.2, 0.25) is 0 Å². The van der Waals surface area contributed by atoms with Gasteiger partial charge in [0.15, 0.2) is 17.3 Å². The smallest absolute Gasteiger partial charge is 0.240 e. The standard InChI is InChI=1S/C29H18N6/c1-3-11-19(12-4-1)26-32-27(20-13-5-2-6-14-20)34-29(33-26)35-24-18-10-7-15-21(24)25-28(35)31-23-17-9-8-16-22(23)30-25/h1-18H. The van der Waals surface area contributed by atoms with Crippen molar-refractivity contribution in [1.82, 2.24) is 29.5 Å². The van der Waals surface area contributed by atoms with E-state index in [2.05, 4.69) is 12.1 Å². The molecule has 0 fully saturated rings. The van der Waals surface area contributed by atoms with Crippen molar-refractivity contribution in [3.05, 3.63) is 109 Å². The van der Waals surface area contributed by atoms with Crippen molar-refractivity contribution in [2.75, 3.05) is 0 Å². The fraction of sp³-hybridized carbons (Fsp3) is 0. The maximum atomic E-state index is 5.00. The summed E-state index contributed by atoms with van der Waals surface area (Å²) in [7, 11) is 0. The van der Waals surface area contributed by atoms with Gasteiger partial charge in [-0.1, -0.05) is 91.0 Å². The molecule has 0 radical (unpaired) electrons. The molecule has 0 saturated carbocycles. The Labute approximate surface area is 200 Å². The topological polar surface area (TPSA) is 69.4 Å². The minimum Gasteiger partial charge on any atom is -0.260 e. The molecule has 3 heterocycles. The van der Waals surface area contributed by atoms with E-state index in [1.165, 1.54) is 0 Å². The molecule has 0 amide bonds. The lowest BCUT2D eigenvalue weighted by Crippen LogP contribution is -2.07. The maximum absolute atomic E-state index is 5.00. The zero-order chi connectivity index (χ0) is 23.2. The summed E-state index contributed by atoms with van der Waals surface area (Å²) in [6.45, 7) is 0. The Morgan fingerprint density at radius 3 is 1.66 bits per heavy atom. The molecular weight excluding hydrogens is 432 g/mol. The van der Waals surface area contributed by atoms with Gasteiger partial charge >= 0.3 is 0 Å². The van der Waals surface area contributed by atoms with Gasteiger partial charge in [-0.25, -0.2) is 15.0 Å². The van der Waals surface area contributed by atoms with Gasteiger partial charge in [0.25, 0.3) is 0 Å². The summed E-state index contributed by atoms with van der Waals surface area (Å²) in [4.78, 5) is 24.6.